The van der Waals surface area contributed by atoms with Gasteiger partial charge in [0.25, 0.3) is 0 Å². The van der Waals surface area contributed by atoms with E-state index in [2.05, 4.69) is 15.3 Å². The largest absolute Gasteiger partial charge is 0.378 e. The van der Waals surface area contributed by atoms with E-state index < -0.39 is 4.92 Å². The maximum absolute atomic E-state index is 10.8. The Balaban J connectivity index is 2.19. The molecule has 0 fully saturated rings. The van der Waals surface area contributed by atoms with Crippen LogP contribution in [-0.2, 0) is 6.54 Å². The molecular formula is C9H8ClN5O2S. The van der Waals surface area contributed by atoms with Gasteiger partial charge in [0.1, 0.15) is 6.33 Å². The van der Waals surface area contributed by atoms with Crippen molar-refractivity contribution in [3.05, 3.63) is 37.8 Å². The predicted octanol–water partition coefficient (Wildman–Crippen LogP) is 2.29. The maximum atomic E-state index is 10.8. The molecule has 3 N–H and O–H groups in total. The van der Waals surface area contributed by atoms with Gasteiger partial charge in [-0.05, 0) is 12.1 Å². The first-order valence-electron chi connectivity index (χ1n) is 4.81. The molecule has 0 saturated carbocycles. The maximum Gasteiger partial charge on any atom is 0.352 e. The van der Waals surface area contributed by atoms with Gasteiger partial charge in [-0.2, -0.15) is 0 Å². The molecule has 0 amide bonds. The summed E-state index contributed by atoms with van der Waals surface area (Å²) in [5.41, 5.74) is 5.12. The van der Waals surface area contributed by atoms with E-state index in [1.165, 1.54) is 17.7 Å². The van der Waals surface area contributed by atoms with Crippen molar-refractivity contribution >= 4 is 40.3 Å². The second-order valence-electron chi connectivity index (χ2n) is 3.27. The molecule has 0 radical (unpaired) electrons. The molecule has 0 bridgehead atoms. The second-order valence-corrected chi connectivity index (χ2v) is 5.07. The molecule has 94 valence electrons. The first-order chi connectivity index (χ1) is 8.58. The van der Waals surface area contributed by atoms with Gasteiger partial charge in [0.15, 0.2) is 0 Å². The quantitative estimate of drug-likeness (QED) is 0.659. The van der Waals surface area contributed by atoms with E-state index in [0.29, 0.717) is 10.9 Å². The fourth-order valence-electron chi connectivity index (χ4n) is 1.32. The lowest BCUT2D eigenvalue weighted by Crippen LogP contribution is -2.07. The highest BCUT2D eigenvalue weighted by molar-refractivity contribution is 7.16. The van der Waals surface area contributed by atoms with E-state index >= 15 is 0 Å². The van der Waals surface area contributed by atoms with Crippen molar-refractivity contribution < 1.29 is 4.92 Å². The van der Waals surface area contributed by atoms with Crippen LogP contribution in [0.3, 0.4) is 0 Å². The van der Waals surface area contributed by atoms with Crippen LogP contribution in [0.15, 0.2) is 18.5 Å². The SMILES string of the molecule is Nc1ncnc(NCc2ccc(Cl)s2)c1[N+](=O)[O-]. The van der Waals surface area contributed by atoms with Crippen LogP contribution in [0.1, 0.15) is 4.88 Å². The van der Waals surface area contributed by atoms with E-state index in [1.807, 2.05) is 6.07 Å². The van der Waals surface area contributed by atoms with Crippen molar-refractivity contribution in [2.45, 2.75) is 6.54 Å². The summed E-state index contributed by atoms with van der Waals surface area (Å²) in [7, 11) is 0. The van der Waals surface area contributed by atoms with Crippen molar-refractivity contribution in [3.8, 4) is 0 Å². The van der Waals surface area contributed by atoms with Crippen molar-refractivity contribution in [2.24, 2.45) is 0 Å². The zero-order valence-corrected chi connectivity index (χ0v) is 10.5. The molecule has 2 aromatic heterocycles. The minimum absolute atomic E-state index is 0.0945. The van der Waals surface area contributed by atoms with Crippen LogP contribution in [0.4, 0.5) is 17.3 Å². The van der Waals surface area contributed by atoms with E-state index in [0.717, 1.165) is 4.88 Å². The molecule has 2 heterocycles. The number of halogens is 1. The summed E-state index contributed by atoms with van der Waals surface area (Å²) in [6.45, 7) is 0.384. The molecule has 7 nitrogen and oxygen atoms in total. The Morgan fingerprint density at radius 2 is 2.28 bits per heavy atom. The molecule has 0 aromatic carbocycles. The van der Waals surface area contributed by atoms with Crippen LogP contribution in [0.5, 0.6) is 0 Å². The van der Waals surface area contributed by atoms with Crippen molar-refractivity contribution in [1.29, 1.82) is 0 Å². The van der Waals surface area contributed by atoms with Crippen molar-refractivity contribution in [1.82, 2.24) is 9.97 Å². The monoisotopic (exact) mass is 285 g/mol. The summed E-state index contributed by atoms with van der Waals surface area (Å²) in [4.78, 5) is 18.6. The molecule has 18 heavy (non-hydrogen) atoms. The highest BCUT2D eigenvalue weighted by Crippen LogP contribution is 2.28. The number of hydrogen-bond donors (Lipinski definition) is 2. The number of thiophene rings is 1. The molecule has 0 aliphatic rings. The molecule has 9 heteroatoms. The highest BCUT2D eigenvalue weighted by atomic mass is 35.5. The van der Waals surface area contributed by atoms with Gasteiger partial charge in [0, 0.05) is 4.88 Å². The van der Waals surface area contributed by atoms with Crippen molar-refractivity contribution in [2.75, 3.05) is 11.1 Å². The fraction of sp³-hybridized carbons (Fsp3) is 0.111. The molecular weight excluding hydrogens is 278 g/mol. The van der Waals surface area contributed by atoms with E-state index in [4.69, 9.17) is 17.3 Å². The Labute approximate surface area is 111 Å². The predicted molar refractivity (Wildman–Crippen MR) is 69.8 cm³/mol. The summed E-state index contributed by atoms with van der Waals surface area (Å²) in [5, 5.41) is 13.7. The smallest absolute Gasteiger partial charge is 0.352 e. The number of nitrogens with zero attached hydrogens (tertiary/aromatic N) is 3. The van der Waals surface area contributed by atoms with Gasteiger partial charge in [-0.15, -0.1) is 11.3 Å². The lowest BCUT2D eigenvalue weighted by Gasteiger charge is -2.05. The molecule has 0 aliphatic heterocycles. The Morgan fingerprint density at radius 1 is 1.50 bits per heavy atom. The number of hydrogen-bond acceptors (Lipinski definition) is 7. The minimum Gasteiger partial charge on any atom is -0.378 e. The van der Waals surface area contributed by atoms with E-state index in [-0.39, 0.29) is 17.3 Å². The minimum atomic E-state index is -0.612. The fourth-order valence-corrected chi connectivity index (χ4v) is 2.35. The van der Waals surface area contributed by atoms with Crippen LogP contribution >= 0.6 is 22.9 Å². The number of nitrogens with two attached hydrogens (primary N) is 1. The van der Waals surface area contributed by atoms with E-state index in [9.17, 15) is 10.1 Å². The number of nitrogen functional groups attached to an aromatic ring is 1. The first-order valence-corrected chi connectivity index (χ1v) is 6.00. The van der Waals surface area contributed by atoms with Crippen LogP contribution < -0.4 is 11.1 Å². The lowest BCUT2D eigenvalue weighted by molar-refractivity contribution is -0.383. The summed E-state index contributed by atoms with van der Waals surface area (Å²) >= 11 is 7.17. The van der Waals surface area contributed by atoms with Gasteiger partial charge in [-0.25, -0.2) is 9.97 Å². The van der Waals surface area contributed by atoms with Gasteiger partial charge < -0.3 is 11.1 Å². The average molecular weight is 286 g/mol. The number of nitro groups is 1. The first kappa shape index (κ1) is 12.5. The molecule has 0 atom stereocenters. The zero-order chi connectivity index (χ0) is 13.1. The number of rotatable bonds is 4. The van der Waals surface area contributed by atoms with Crippen LogP contribution in [0.25, 0.3) is 0 Å². The zero-order valence-electron chi connectivity index (χ0n) is 8.96. The van der Waals surface area contributed by atoms with Crippen LogP contribution in [-0.4, -0.2) is 14.9 Å². The van der Waals surface area contributed by atoms with Crippen molar-refractivity contribution in [3.63, 3.8) is 0 Å². The van der Waals surface area contributed by atoms with Crippen LogP contribution in [0, 0.1) is 10.1 Å². The lowest BCUT2D eigenvalue weighted by atomic mass is 10.4. The Morgan fingerprint density at radius 3 is 2.89 bits per heavy atom. The van der Waals surface area contributed by atoms with Gasteiger partial charge in [0.2, 0.25) is 11.6 Å². The topological polar surface area (TPSA) is 107 Å². The Hall–Kier alpha value is -1.93. The summed E-state index contributed by atoms with van der Waals surface area (Å²) in [6.07, 6.45) is 1.17. The number of nitrogens with one attached hydrogen (secondary N) is 1. The molecule has 2 aromatic rings. The molecule has 0 aliphatic carbocycles. The van der Waals surface area contributed by atoms with Gasteiger partial charge in [0.05, 0.1) is 15.8 Å². The highest BCUT2D eigenvalue weighted by Gasteiger charge is 2.20. The second kappa shape index (κ2) is 5.15. The average Bonchev–Trinajstić information content (AvgIpc) is 2.72. The third-order valence-corrected chi connectivity index (χ3v) is 3.32. The Kier molecular flexibility index (Phi) is 3.58. The molecule has 0 unspecified atom stereocenters. The summed E-state index contributed by atoms with van der Waals surface area (Å²) in [5.74, 6) is -0.0706. The van der Waals surface area contributed by atoms with E-state index in [1.54, 1.807) is 6.07 Å². The van der Waals surface area contributed by atoms with Crippen LogP contribution in [0.2, 0.25) is 4.34 Å². The molecule has 0 spiro atoms. The Bertz CT molecular complexity index is 588. The molecule has 2 rings (SSSR count). The third kappa shape index (κ3) is 2.66. The third-order valence-electron chi connectivity index (χ3n) is 2.09. The van der Waals surface area contributed by atoms with Gasteiger partial charge >= 0.3 is 5.69 Å². The normalized spacial score (nSPS) is 10.3. The number of aromatic nitrogens is 2. The number of anilines is 2. The van der Waals surface area contributed by atoms with Gasteiger partial charge in [-0.1, -0.05) is 11.6 Å². The summed E-state index contributed by atoms with van der Waals surface area (Å²) < 4.78 is 0.656. The summed E-state index contributed by atoms with van der Waals surface area (Å²) in [6, 6.07) is 3.59. The standard InChI is InChI=1S/C9H8ClN5O2S/c10-6-2-1-5(18-6)3-12-9-7(15(16)17)8(11)13-4-14-9/h1-2,4H,3H2,(H3,11,12,13,14). The van der Waals surface area contributed by atoms with Gasteiger partial charge in [-0.3, -0.25) is 10.1 Å². The molecule has 0 saturated heterocycles.